The molecule has 0 aliphatic carbocycles. The molecular formula is C12H19NSi. The van der Waals surface area contributed by atoms with Crippen molar-refractivity contribution in [3.05, 3.63) is 35.9 Å². The predicted molar refractivity (Wildman–Crippen MR) is 67.2 cm³/mol. The van der Waals surface area contributed by atoms with Gasteiger partial charge in [-0.3, -0.25) is 4.99 Å². The Labute approximate surface area is 88.5 Å². The topological polar surface area (TPSA) is 12.4 Å². The van der Waals surface area contributed by atoms with Gasteiger partial charge in [-0.1, -0.05) is 49.5 Å². The van der Waals surface area contributed by atoms with Gasteiger partial charge < -0.3 is 0 Å². The second-order valence-electron chi connectivity index (χ2n) is 3.98. The van der Waals surface area contributed by atoms with E-state index in [0.29, 0.717) is 0 Å². The molecule has 1 rings (SSSR count). The average molecular weight is 205 g/mol. The fourth-order valence-electron chi connectivity index (χ4n) is 1.30. The van der Waals surface area contributed by atoms with Gasteiger partial charge in [0.1, 0.15) is 0 Å². The summed E-state index contributed by atoms with van der Waals surface area (Å²) >= 11 is 0. The summed E-state index contributed by atoms with van der Waals surface area (Å²) in [5.74, 6) is 0. The number of nitrogens with zero attached hydrogens (tertiary/aromatic N) is 1. The van der Waals surface area contributed by atoms with E-state index >= 15 is 0 Å². The fraction of sp³-hybridized carbons (Fsp3) is 0.417. The van der Waals surface area contributed by atoms with Gasteiger partial charge in [-0.15, -0.1) is 0 Å². The molecule has 14 heavy (non-hydrogen) atoms. The second-order valence-corrected chi connectivity index (χ2v) is 7.35. The van der Waals surface area contributed by atoms with Crippen LogP contribution in [0.4, 0.5) is 0 Å². The second kappa shape index (κ2) is 6.54. The maximum atomic E-state index is 4.41. The van der Waals surface area contributed by atoms with Crippen LogP contribution < -0.4 is 0 Å². The van der Waals surface area contributed by atoms with E-state index in [-0.39, 0.29) is 8.80 Å². The van der Waals surface area contributed by atoms with Gasteiger partial charge in [0.25, 0.3) is 0 Å². The van der Waals surface area contributed by atoms with Gasteiger partial charge in [0.2, 0.25) is 0 Å². The van der Waals surface area contributed by atoms with Gasteiger partial charge >= 0.3 is 0 Å². The maximum Gasteiger partial charge on any atom is 0.0386 e. The highest BCUT2D eigenvalue weighted by Gasteiger charge is 1.93. The van der Waals surface area contributed by atoms with Crippen LogP contribution in [-0.2, 0) is 0 Å². The predicted octanol–water partition coefficient (Wildman–Crippen LogP) is 2.98. The molecule has 0 aliphatic rings. The van der Waals surface area contributed by atoms with E-state index in [1.807, 2.05) is 24.4 Å². The first-order valence-electron chi connectivity index (χ1n) is 5.34. The highest BCUT2D eigenvalue weighted by atomic mass is 28.3. The smallest absolute Gasteiger partial charge is 0.0386 e. The third kappa shape index (κ3) is 4.97. The van der Waals surface area contributed by atoms with E-state index in [1.54, 1.807) is 0 Å². The number of hydrogen-bond donors (Lipinski definition) is 0. The van der Waals surface area contributed by atoms with E-state index < -0.39 is 0 Å². The molecular weight excluding hydrogens is 186 g/mol. The van der Waals surface area contributed by atoms with Crippen molar-refractivity contribution in [2.45, 2.75) is 25.6 Å². The molecule has 76 valence electrons. The Hall–Kier alpha value is -0.893. The Bertz CT molecular complexity index is 267. The molecule has 0 aliphatic heterocycles. The highest BCUT2D eigenvalue weighted by molar-refractivity contribution is 6.55. The molecule has 0 N–H and O–H groups in total. The molecule has 0 radical (unpaired) electrons. The molecule has 0 spiro atoms. The van der Waals surface area contributed by atoms with Crippen LogP contribution >= 0.6 is 0 Å². The van der Waals surface area contributed by atoms with Gasteiger partial charge in [0.15, 0.2) is 0 Å². The monoisotopic (exact) mass is 205 g/mol. The summed E-state index contributed by atoms with van der Waals surface area (Å²) < 4.78 is 0. The summed E-state index contributed by atoms with van der Waals surface area (Å²) in [4.78, 5) is 4.41. The molecule has 0 saturated heterocycles. The number of hydrogen-bond acceptors (Lipinski definition) is 1. The highest BCUT2D eigenvalue weighted by Crippen LogP contribution is 1.98. The molecule has 0 amide bonds. The SMILES string of the molecule is C[SiH](C)CCCN=Cc1ccccc1. The van der Waals surface area contributed by atoms with Crippen molar-refractivity contribution < 1.29 is 0 Å². The maximum absolute atomic E-state index is 4.41. The van der Waals surface area contributed by atoms with Crippen LogP contribution in [0.5, 0.6) is 0 Å². The number of rotatable bonds is 5. The molecule has 1 nitrogen and oxygen atoms in total. The Balaban J connectivity index is 2.21. The quantitative estimate of drug-likeness (QED) is 0.398. The van der Waals surface area contributed by atoms with E-state index in [2.05, 4.69) is 30.2 Å². The van der Waals surface area contributed by atoms with Gasteiger partial charge in [-0.25, -0.2) is 0 Å². The summed E-state index contributed by atoms with van der Waals surface area (Å²) in [6.45, 7) is 5.77. The molecule has 2 heteroatoms. The standard InChI is InChI=1S/C12H19NSi/c1-14(2)10-6-9-13-11-12-7-4-3-5-8-12/h3-5,7-8,11,14H,6,9-10H2,1-2H3. The zero-order valence-corrected chi connectivity index (χ0v) is 10.3. The molecule has 1 aromatic rings. The van der Waals surface area contributed by atoms with Gasteiger partial charge in [-0.2, -0.15) is 0 Å². The molecule has 0 heterocycles. The summed E-state index contributed by atoms with van der Waals surface area (Å²) in [6.07, 6.45) is 3.23. The Morgan fingerprint density at radius 2 is 1.93 bits per heavy atom. The van der Waals surface area contributed by atoms with E-state index in [0.717, 1.165) is 6.54 Å². The number of aliphatic imine (C=N–C) groups is 1. The minimum atomic E-state index is -0.361. The van der Waals surface area contributed by atoms with Crippen molar-refractivity contribution >= 4 is 15.0 Å². The molecule has 0 aromatic heterocycles. The molecule has 1 aromatic carbocycles. The lowest BCUT2D eigenvalue weighted by Crippen LogP contribution is -1.99. The summed E-state index contributed by atoms with van der Waals surface area (Å²) in [7, 11) is -0.361. The molecule has 0 fully saturated rings. The van der Waals surface area contributed by atoms with Crippen molar-refractivity contribution in [3.63, 3.8) is 0 Å². The normalized spacial score (nSPS) is 11.4. The molecule has 0 unspecified atom stereocenters. The molecule has 0 saturated carbocycles. The summed E-state index contributed by atoms with van der Waals surface area (Å²) in [5, 5.41) is 0. The van der Waals surface area contributed by atoms with Crippen LogP contribution in [0.3, 0.4) is 0 Å². The Morgan fingerprint density at radius 1 is 1.21 bits per heavy atom. The fourth-order valence-corrected chi connectivity index (χ4v) is 2.30. The van der Waals surface area contributed by atoms with E-state index in [1.165, 1.54) is 18.0 Å². The van der Waals surface area contributed by atoms with Gasteiger partial charge in [0.05, 0.1) is 0 Å². The van der Waals surface area contributed by atoms with Crippen LogP contribution in [0.25, 0.3) is 0 Å². The van der Waals surface area contributed by atoms with Crippen LogP contribution in [-0.4, -0.2) is 21.6 Å². The van der Waals surface area contributed by atoms with Crippen molar-refractivity contribution in [1.29, 1.82) is 0 Å². The van der Waals surface area contributed by atoms with Crippen LogP contribution in [0.15, 0.2) is 35.3 Å². The zero-order chi connectivity index (χ0) is 10.2. The minimum absolute atomic E-state index is 0.361. The van der Waals surface area contributed by atoms with Crippen molar-refractivity contribution in [1.82, 2.24) is 0 Å². The summed E-state index contributed by atoms with van der Waals surface area (Å²) in [6, 6.07) is 11.7. The minimum Gasteiger partial charge on any atom is -0.293 e. The van der Waals surface area contributed by atoms with Crippen molar-refractivity contribution in [2.75, 3.05) is 6.54 Å². The van der Waals surface area contributed by atoms with Crippen molar-refractivity contribution in [3.8, 4) is 0 Å². The first kappa shape index (κ1) is 11.2. The van der Waals surface area contributed by atoms with Crippen molar-refractivity contribution in [2.24, 2.45) is 4.99 Å². The zero-order valence-electron chi connectivity index (χ0n) is 9.11. The largest absolute Gasteiger partial charge is 0.293 e. The third-order valence-electron chi connectivity index (χ3n) is 2.11. The first-order chi connectivity index (χ1) is 6.79. The molecule has 0 atom stereocenters. The first-order valence-corrected chi connectivity index (χ1v) is 8.46. The lowest BCUT2D eigenvalue weighted by Gasteiger charge is -1.98. The Kier molecular flexibility index (Phi) is 5.23. The van der Waals surface area contributed by atoms with Gasteiger partial charge in [0, 0.05) is 21.6 Å². The average Bonchev–Trinajstić information content (AvgIpc) is 2.18. The van der Waals surface area contributed by atoms with Crippen LogP contribution in [0.2, 0.25) is 19.1 Å². The van der Waals surface area contributed by atoms with E-state index in [4.69, 9.17) is 0 Å². The van der Waals surface area contributed by atoms with Crippen LogP contribution in [0.1, 0.15) is 12.0 Å². The van der Waals surface area contributed by atoms with Gasteiger partial charge in [-0.05, 0) is 12.0 Å². The molecule has 0 bridgehead atoms. The van der Waals surface area contributed by atoms with Crippen LogP contribution in [0, 0.1) is 0 Å². The third-order valence-corrected chi connectivity index (χ3v) is 3.67. The lowest BCUT2D eigenvalue weighted by atomic mass is 10.2. The Morgan fingerprint density at radius 3 is 2.57 bits per heavy atom. The lowest BCUT2D eigenvalue weighted by molar-refractivity contribution is 0.924. The summed E-state index contributed by atoms with van der Waals surface area (Å²) in [5.41, 5.74) is 1.20. The number of benzene rings is 1. The van der Waals surface area contributed by atoms with E-state index in [9.17, 15) is 0 Å².